The molecule has 0 atom stereocenters. The van der Waals surface area contributed by atoms with E-state index in [9.17, 15) is 9.59 Å². The molecule has 140 valence electrons. The number of aromatic carboxylic acids is 1. The van der Waals surface area contributed by atoms with Gasteiger partial charge in [0, 0.05) is 29.4 Å². The Kier molecular flexibility index (Phi) is 6.03. The van der Waals surface area contributed by atoms with Gasteiger partial charge in [-0.1, -0.05) is 25.1 Å². The van der Waals surface area contributed by atoms with Crippen molar-refractivity contribution >= 4 is 23.2 Å². The summed E-state index contributed by atoms with van der Waals surface area (Å²) in [5.74, 6) is -1.01. The molecule has 6 nitrogen and oxygen atoms in total. The molecule has 3 aromatic rings. The lowest BCUT2D eigenvalue weighted by Crippen LogP contribution is -2.32. The fourth-order valence-corrected chi connectivity index (χ4v) is 3.62. The first-order chi connectivity index (χ1) is 13.1. The van der Waals surface area contributed by atoms with Gasteiger partial charge in [-0.05, 0) is 30.7 Å². The lowest BCUT2D eigenvalue weighted by atomic mass is 10.2. The van der Waals surface area contributed by atoms with Gasteiger partial charge in [0.15, 0.2) is 5.69 Å². The van der Waals surface area contributed by atoms with Gasteiger partial charge < -0.3 is 14.6 Å². The van der Waals surface area contributed by atoms with Crippen LogP contribution in [0, 0.1) is 0 Å². The van der Waals surface area contributed by atoms with Gasteiger partial charge in [0.2, 0.25) is 0 Å². The summed E-state index contributed by atoms with van der Waals surface area (Å²) in [6.07, 6.45) is 2.79. The van der Waals surface area contributed by atoms with E-state index < -0.39 is 5.97 Å². The SMILES string of the molecule is CCCN(Cc1cccn1Cc1nc(C(=O)O)cs1)C(=O)c1ccccc1. The summed E-state index contributed by atoms with van der Waals surface area (Å²) < 4.78 is 2.01. The topological polar surface area (TPSA) is 75.4 Å². The summed E-state index contributed by atoms with van der Waals surface area (Å²) in [7, 11) is 0. The molecule has 0 unspecified atom stereocenters. The maximum atomic E-state index is 12.9. The van der Waals surface area contributed by atoms with Gasteiger partial charge in [-0.15, -0.1) is 11.3 Å². The molecule has 0 saturated carbocycles. The predicted molar refractivity (Wildman–Crippen MR) is 104 cm³/mol. The molecule has 7 heteroatoms. The lowest BCUT2D eigenvalue weighted by Gasteiger charge is -2.23. The number of carbonyl (C=O) groups excluding carboxylic acids is 1. The van der Waals surface area contributed by atoms with Crippen LogP contribution in [0.1, 0.15) is 44.9 Å². The second-order valence-electron chi connectivity index (χ2n) is 6.15. The van der Waals surface area contributed by atoms with E-state index in [-0.39, 0.29) is 11.6 Å². The molecule has 2 heterocycles. The van der Waals surface area contributed by atoms with E-state index >= 15 is 0 Å². The van der Waals surface area contributed by atoms with E-state index in [2.05, 4.69) is 4.98 Å². The Labute approximate surface area is 161 Å². The number of rotatable bonds is 8. The number of thiazole rings is 1. The van der Waals surface area contributed by atoms with Crippen molar-refractivity contribution in [3.05, 3.63) is 76.0 Å². The smallest absolute Gasteiger partial charge is 0.355 e. The van der Waals surface area contributed by atoms with Crippen molar-refractivity contribution < 1.29 is 14.7 Å². The van der Waals surface area contributed by atoms with Gasteiger partial charge >= 0.3 is 5.97 Å². The number of aromatic nitrogens is 2. The van der Waals surface area contributed by atoms with Crippen LogP contribution in [-0.4, -0.2) is 38.0 Å². The maximum Gasteiger partial charge on any atom is 0.355 e. The Morgan fingerprint density at radius 2 is 1.96 bits per heavy atom. The minimum atomic E-state index is -1.02. The number of carboxylic acid groups (broad SMARTS) is 1. The number of hydrogen-bond acceptors (Lipinski definition) is 4. The molecule has 27 heavy (non-hydrogen) atoms. The minimum absolute atomic E-state index is 0.00705. The molecule has 1 aromatic carbocycles. The van der Waals surface area contributed by atoms with Crippen LogP contribution in [0.3, 0.4) is 0 Å². The molecule has 0 aliphatic heterocycles. The van der Waals surface area contributed by atoms with Gasteiger partial charge in [0.05, 0.1) is 13.1 Å². The molecule has 0 fully saturated rings. The first-order valence-corrected chi connectivity index (χ1v) is 9.62. The Morgan fingerprint density at radius 1 is 1.19 bits per heavy atom. The minimum Gasteiger partial charge on any atom is -0.476 e. The van der Waals surface area contributed by atoms with Crippen molar-refractivity contribution in [3.8, 4) is 0 Å². The van der Waals surface area contributed by atoms with E-state index in [4.69, 9.17) is 5.11 Å². The largest absolute Gasteiger partial charge is 0.476 e. The summed E-state index contributed by atoms with van der Waals surface area (Å²) >= 11 is 1.32. The van der Waals surface area contributed by atoms with E-state index in [1.807, 2.05) is 65.1 Å². The molecule has 1 N–H and O–H groups in total. The van der Waals surface area contributed by atoms with Gasteiger partial charge in [0.25, 0.3) is 5.91 Å². The zero-order valence-electron chi connectivity index (χ0n) is 15.0. The summed E-state index contributed by atoms with van der Waals surface area (Å²) in [5, 5.41) is 11.3. The predicted octanol–water partition coefficient (Wildman–Crippen LogP) is 3.74. The molecular weight excluding hydrogens is 362 g/mol. The molecule has 0 radical (unpaired) electrons. The first-order valence-electron chi connectivity index (χ1n) is 8.74. The van der Waals surface area contributed by atoms with Crippen LogP contribution in [0.15, 0.2) is 54.0 Å². The zero-order chi connectivity index (χ0) is 19.2. The van der Waals surface area contributed by atoms with Crippen LogP contribution in [0.2, 0.25) is 0 Å². The van der Waals surface area contributed by atoms with Crippen LogP contribution in [0.4, 0.5) is 0 Å². The third-order valence-corrected chi connectivity index (χ3v) is 4.99. The second-order valence-corrected chi connectivity index (χ2v) is 7.09. The quantitative estimate of drug-likeness (QED) is 0.643. The number of benzene rings is 1. The molecule has 0 spiro atoms. The van der Waals surface area contributed by atoms with Gasteiger partial charge in [-0.3, -0.25) is 4.79 Å². The van der Waals surface area contributed by atoms with Crippen molar-refractivity contribution in [1.29, 1.82) is 0 Å². The number of carboxylic acids is 1. The highest BCUT2D eigenvalue weighted by atomic mass is 32.1. The fraction of sp³-hybridized carbons (Fsp3) is 0.250. The number of amides is 1. The average molecular weight is 383 g/mol. The monoisotopic (exact) mass is 383 g/mol. The van der Waals surface area contributed by atoms with Crippen LogP contribution in [-0.2, 0) is 13.1 Å². The lowest BCUT2D eigenvalue weighted by molar-refractivity contribution is 0.0689. The Hall–Kier alpha value is -2.93. The third-order valence-electron chi connectivity index (χ3n) is 4.15. The van der Waals surface area contributed by atoms with Crippen molar-refractivity contribution in [2.45, 2.75) is 26.4 Å². The van der Waals surface area contributed by atoms with E-state index in [0.717, 1.165) is 17.1 Å². The van der Waals surface area contributed by atoms with E-state index in [1.165, 1.54) is 11.3 Å². The molecule has 0 bridgehead atoms. The number of nitrogens with zero attached hydrogens (tertiary/aromatic N) is 3. The van der Waals surface area contributed by atoms with Crippen LogP contribution >= 0.6 is 11.3 Å². The third kappa shape index (κ3) is 4.62. The van der Waals surface area contributed by atoms with Crippen LogP contribution < -0.4 is 0 Å². The van der Waals surface area contributed by atoms with Crippen molar-refractivity contribution in [3.63, 3.8) is 0 Å². The summed E-state index contributed by atoms with van der Waals surface area (Å²) in [6, 6.07) is 13.2. The Balaban J connectivity index is 1.76. The Morgan fingerprint density at radius 3 is 2.63 bits per heavy atom. The van der Waals surface area contributed by atoms with E-state index in [0.29, 0.717) is 25.2 Å². The fourth-order valence-electron chi connectivity index (χ4n) is 2.86. The Bertz CT molecular complexity index is 917. The van der Waals surface area contributed by atoms with Crippen molar-refractivity contribution in [1.82, 2.24) is 14.5 Å². The second kappa shape index (κ2) is 8.64. The van der Waals surface area contributed by atoms with Crippen molar-refractivity contribution in [2.24, 2.45) is 0 Å². The van der Waals surface area contributed by atoms with Gasteiger partial charge in [0.1, 0.15) is 5.01 Å². The number of carbonyl (C=O) groups is 2. The highest BCUT2D eigenvalue weighted by molar-refractivity contribution is 7.09. The number of hydrogen-bond donors (Lipinski definition) is 1. The molecule has 1 amide bonds. The molecular formula is C20H21N3O3S. The molecule has 0 aliphatic rings. The maximum absolute atomic E-state index is 12.9. The summed E-state index contributed by atoms with van der Waals surface area (Å²) in [4.78, 5) is 29.8. The normalized spacial score (nSPS) is 10.7. The average Bonchev–Trinajstić information content (AvgIpc) is 3.32. The van der Waals surface area contributed by atoms with Gasteiger partial charge in [-0.25, -0.2) is 9.78 Å². The highest BCUT2D eigenvalue weighted by Gasteiger charge is 2.17. The standard InChI is InChI=1S/C20H21N3O3S/c1-2-10-23(19(24)15-7-4-3-5-8-15)12-16-9-6-11-22(16)13-18-21-17(14-27-18)20(25)26/h3-9,11,14H,2,10,12-13H2,1H3,(H,25,26). The highest BCUT2D eigenvalue weighted by Crippen LogP contribution is 2.16. The zero-order valence-corrected chi connectivity index (χ0v) is 15.9. The van der Waals surface area contributed by atoms with Crippen molar-refractivity contribution in [2.75, 3.05) is 6.54 Å². The summed E-state index contributed by atoms with van der Waals surface area (Å²) in [6.45, 7) is 3.69. The van der Waals surface area contributed by atoms with E-state index in [1.54, 1.807) is 5.38 Å². The van der Waals surface area contributed by atoms with Crippen LogP contribution in [0.25, 0.3) is 0 Å². The van der Waals surface area contributed by atoms with Gasteiger partial charge in [-0.2, -0.15) is 0 Å². The first kappa shape index (κ1) is 18.8. The molecule has 0 aliphatic carbocycles. The summed E-state index contributed by atoms with van der Waals surface area (Å²) in [5.41, 5.74) is 1.73. The molecule has 3 rings (SSSR count). The van der Waals surface area contributed by atoms with Crippen LogP contribution in [0.5, 0.6) is 0 Å². The molecule has 2 aromatic heterocycles. The molecule has 0 saturated heterocycles.